The van der Waals surface area contributed by atoms with E-state index < -0.39 is 6.10 Å². The summed E-state index contributed by atoms with van der Waals surface area (Å²) in [7, 11) is 0. The Morgan fingerprint density at radius 3 is 2.27 bits per heavy atom. The number of allylic oxidation sites excluding steroid dienone is 2. The topological polar surface area (TPSA) is 32.7 Å². The molecular formula is C19H33NO2. The van der Waals surface area contributed by atoms with Gasteiger partial charge in [0.1, 0.15) is 0 Å². The molecule has 1 aliphatic carbocycles. The summed E-state index contributed by atoms with van der Waals surface area (Å²) in [5.74, 6) is 0. The van der Waals surface area contributed by atoms with E-state index in [1.807, 2.05) is 0 Å². The first kappa shape index (κ1) is 17.7. The second-order valence-electron chi connectivity index (χ2n) is 8.81. The molecule has 22 heavy (non-hydrogen) atoms. The lowest BCUT2D eigenvalue weighted by Gasteiger charge is -2.52. The number of ether oxygens (including phenoxy) is 1. The smallest absolute Gasteiger partial charge is 0.0866 e. The van der Waals surface area contributed by atoms with Gasteiger partial charge in [-0.1, -0.05) is 59.8 Å². The van der Waals surface area contributed by atoms with Crippen LogP contribution < -0.4 is 0 Å². The van der Waals surface area contributed by atoms with Gasteiger partial charge in [0.15, 0.2) is 0 Å². The number of hydrogen-bond acceptors (Lipinski definition) is 3. The molecule has 2 unspecified atom stereocenters. The van der Waals surface area contributed by atoms with Crippen molar-refractivity contribution in [2.24, 2.45) is 16.2 Å². The molecular weight excluding hydrogens is 274 g/mol. The molecule has 2 rings (SSSR count). The Morgan fingerprint density at radius 1 is 1.18 bits per heavy atom. The molecule has 3 nitrogen and oxygen atoms in total. The molecule has 0 saturated carbocycles. The third-order valence-electron chi connectivity index (χ3n) is 5.30. The van der Waals surface area contributed by atoms with Gasteiger partial charge in [-0.2, -0.15) is 0 Å². The van der Waals surface area contributed by atoms with Gasteiger partial charge in [0.2, 0.25) is 0 Å². The highest BCUT2D eigenvalue weighted by Crippen LogP contribution is 2.50. The van der Waals surface area contributed by atoms with Crippen molar-refractivity contribution in [3.63, 3.8) is 0 Å². The van der Waals surface area contributed by atoms with Crippen LogP contribution in [0.25, 0.3) is 0 Å². The maximum absolute atomic E-state index is 11.3. The van der Waals surface area contributed by atoms with Crippen molar-refractivity contribution in [1.29, 1.82) is 0 Å². The van der Waals surface area contributed by atoms with Crippen molar-refractivity contribution < 1.29 is 9.84 Å². The molecule has 2 aliphatic rings. The maximum Gasteiger partial charge on any atom is 0.0866 e. The number of nitrogens with zero attached hydrogens (tertiary/aromatic N) is 1. The first-order valence-electron chi connectivity index (χ1n) is 8.46. The lowest BCUT2D eigenvalue weighted by molar-refractivity contribution is -0.0519. The van der Waals surface area contributed by atoms with Crippen LogP contribution in [0.1, 0.15) is 41.5 Å². The number of aliphatic hydroxyl groups excluding tert-OH is 1. The van der Waals surface area contributed by atoms with Gasteiger partial charge in [-0.05, 0) is 16.4 Å². The van der Waals surface area contributed by atoms with Crippen molar-refractivity contribution in [3.8, 4) is 0 Å². The SMILES string of the molecule is CC(C)(C)C1=CC=CC(CN2CCOCC2)(C(C)(C)C)C1O. The summed E-state index contributed by atoms with van der Waals surface area (Å²) in [6, 6.07) is 0. The van der Waals surface area contributed by atoms with Crippen LogP contribution >= 0.6 is 0 Å². The summed E-state index contributed by atoms with van der Waals surface area (Å²) in [6.07, 6.45) is 6.05. The standard InChI is InChI=1S/C19H33NO2/c1-17(2,3)15-8-7-9-19(16(15)21,18(4,5)6)14-20-10-12-22-13-11-20/h7-9,16,21H,10-14H2,1-6H3. The van der Waals surface area contributed by atoms with Crippen molar-refractivity contribution in [3.05, 3.63) is 23.8 Å². The number of morpholine rings is 1. The van der Waals surface area contributed by atoms with E-state index in [-0.39, 0.29) is 16.2 Å². The number of hydrogen-bond donors (Lipinski definition) is 1. The molecule has 1 fully saturated rings. The van der Waals surface area contributed by atoms with Gasteiger partial charge >= 0.3 is 0 Å². The molecule has 0 aromatic heterocycles. The van der Waals surface area contributed by atoms with E-state index in [4.69, 9.17) is 4.74 Å². The van der Waals surface area contributed by atoms with Gasteiger partial charge in [-0.25, -0.2) is 0 Å². The van der Waals surface area contributed by atoms with E-state index in [0.717, 1.165) is 38.4 Å². The highest BCUT2D eigenvalue weighted by Gasteiger charge is 2.50. The van der Waals surface area contributed by atoms with Crippen LogP contribution in [0, 0.1) is 16.2 Å². The zero-order chi connectivity index (χ0) is 16.6. The molecule has 1 heterocycles. The minimum Gasteiger partial charge on any atom is -0.388 e. The molecule has 0 aromatic carbocycles. The van der Waals surface area contributed by atoms with Crippen LogP contribution in [0.4, 0.5) is 0 Å². The Labute approximate surface area is 136 Å². The predicted octanol–water partition coefficient (Wildman–Crippen LogP) is 3.25. The van der Waals surface area contributed by atoms with E-state index in [1.165, 1.54) is 0 Å². The summed E-state index contributed by atoms with van der Waals surface area (Å²) in [5, 5.41) is 11.3. The normalized spacial score (nSPS) is 31.2. The van der Waals surface area contributed by atoms with E-state index in [2.05, 4.69) is 64.7 Å². The molecule has 0 radical (unpaired) electrons. The highest BCUT2D eigenvalue weighted by atomic mass is 16.5. The molecule has 1 saturated heterocycles. The van der Waals surface area contributed by atoms with Gasteiger partial charge in [0, 0.05) is 25.0 Å². The lowest BCUT2D eigenvalue weighted by Crippen LogP contribution is -2.56. The monoisotopic (exact) mass is 307 g/mol. The summed E-state index contributed by atoms with van der Waals surface area (Å²) < 4.78 is 5.48. The van der Waals surface area contributed by atoms with Crippen LogP contribution in [0.5, 0.6) is 0 Å². The van der Waals surface area contributed by atoms with Gasteiger partial charge in [-0.3, -0.25) is 4.90 Å². The quantitative estimate of drug-likeness (QED) is 0.850. The van der Waals surface area contributed by atoms with Crippen molar-refractivity contribution in [2.45, 2.75) is 47.6 Å². The largest absolute Gasteiger partial charge is 0.388 e. The van der Waals surface area contributed by atoms with Gasteiger partial charge < -0.3 is 9.84 Å². The zero-order valence-corrected chi connectivity index (χ0v) is 15.1. The summed E-state index contributed by atoms with van der Waals surface area (Å²) in [5.41, 5.74) is 0.831. The van der Waals surface area contributed by atoms with Crippen molar-refractivity contribution in [2.75, 3.05) is 32.8 Å². The third kappa shape index (κ3) is 3.32. The summed E-state index contributed by atoms with van der Waals surface area (Å²) in [6.45, 7) is 17.6. The van der Waals surface area contributed by atoms with Crippen molar-refractivity contribution in [1.82, 2.24) is 4.90 Å². The van der Waals surface area contributed by atoms with E-state index in [0.29, 0.717) is 0 Å². The average molecular weight is 307 g/mol. The zero-order valence-electron chi connectivity index (χ0n) is 15.1. The van der Waals surface area contributed by atoms with Gasteiger partial charge in [0.05, 0.1) is 19.3 Å². The van der Waals surface area contributed by atoms with E-state index in [1.54, 1.807) is 0 Å². The fraction of sp³-hybridized carbons (Fsp3) is 0.789. The van der Waals surface area contributed by atoms with Crippen LogP contribution in [0.2, 0.25) is 0 Å². The van der Waals surface area contributed by atoms with Gasteiger partial charge in [-0.15, -0.1) is 0 Å². The van der Waals surface area contributed by atoms with Crippen LogP contribution in [-0.2, 0) is 4.74 Å². The van der Waals surface area contributed by atoms with Gasteiger partial charge in [0.25, 0.3) is 0 Å². The Bertz CT molecular complexity index is 447. The Balaban J connectivity index is 2.34. The predicted molar refractivity (Wildman–Crippen MR) is 91.8 cm³/mol. The van der Waals surface area contributed by atoms with Crippen LogP contribution in [-0.4, -0.2) is 49.0 Å². The molecule has 0 spiro atoms. The summed E-state index contributed by atoms with van der Waals surface area (Å²) in [4.78, 5) is 2.44. The Hall–Kier alpha value is -0.640. The first-order chi connectivity index (χ1) is 10.1. The molecule has 3 heteroatoms. The minimum absolute atomic E-state index is 0.0218. The maximum atomic E-state index is 11.3. The van der Waals surface area contributed by atoms with Crippen LogP contribution in [0.3, 0.4) is 0 Å². The minimum atomic E-state index is -0.444. The molecule has 1 aliphatic heterocycles. The van der Waals surface area contributed by atoms with E-state index >= 15 is 0 Å². The molecule has 126 valence electrons. The number of aliphatic hydroxyl groups is 1. The first-order valence-corrected chi connectivity index (χ1v) is 8.46. The Kier molecular flexibility index (Phi) is 4.91. The fourth-order valence-corrected chi connectivity index (χ4v) is 3.61. The average Bonchev–Trinajstić information content (AvgIpc) is 2.39. The fourth-order valence-electron chi connectivity index (χ4n) is 3.61. The molecule has 0 bridgehead atoms. The highest BCUT2D eigenvalue weighted by molar-refractivity contribution is 5.34. The molecule has 0 aromatic rings. The lowest BCUT2D eigenvalue weighted by atomic mass is 9.57. The molecule has 1 N–H and O–H groups in total. The van der Waals surface area contributed by atoms with Crippen molar-refractivity contribution >= 4 is 0 Å². The third-order valence-corrected chi connectivity index (χ3v) is 5.30. The molecule has 2 atom stereocenters. The summed E-state index contributed by atoms with van der Waals surface area (Å²) >= 11 is 0. The number of rotatable bonds is 2. The van der Waals surface area contributed by atoms with E-state index in [9.17, 15) is 5.11 Å². The Morgan fingerprint density at radius 2 is 1.77 bits per heavy atom. The second kappa shape index (κ2) is 6.10. The molecule has 0 amide bonds. The van der Waals surface area contributed by atoms with Crippen LogP contribution in [0.15, 0.2) is 23.8 Å². The second-order valence-corrected chi connectivity index (χ2v) is 8.81.